The highest BCUT2D eigenvalue weighted by molar-refractivity contribution is 6.07. The van der Waals surface area contributed by atoms with Crippen molar-refractivity contribution in [3.8, 4) is 16.9 Å². The number of carbonyl (C=O) groups is 1. The van der Waals surface area contributed by atoms with Crippen molar-refractivity contribution in [1.82, 2.24) is 5.32 Å². The molecule has 2 aliphatic heterocycles. The van der Waals surface area contributed by atoms with Gasteiger partial charge in [-0.05, 0) is 42.8 Å². The second kappa shape index (κ2) is 8.44. The van der Waals surface area contributed by atoms with Crippen molar-refractivity contribution in [2.75, 3.05) is 30.4 Å². The Balaban J connectivity index is 1.49. The fraction of sp³-hybridized carbons (Fsp3) is 0.240. The molecule has 33 heavy (non-hydrogen) atoms. The van der Waals surface area contributed by atoms with E-state index in [0.29, 0.717) is 11.7 Å². The molecule has 2 atom stereocenters. The van der Waals surface area contributed by atoms with E-state index in [2.05, 4.69) is 15.5 Å². The SMILES string of the molecule is COc1cccc(F)c1-c1cccc(C(=O)Nc2cc(F)ccc2N2C[C@H]3C[C@@H]2CN3)c1F. The van der Waals surface area contributed by atoms with E-state index in [4.69, 9.17) is 4.74 Å². The fourth-order valence-electron chi connectivity index (χ4n) is 4.74. The van der Waals surface area contributed by atoms with Gasteiger partial charge in [0.1, 0.15) is 23.2 Å². The summed E-state index contributed by atoms with van der Waals surface area (Å²) in [7, 11) is 1.36. The van der Waals surface area contributed by atoms with Crippen LogP contribution in [-0.2, 0) is 0 Å². The lowest BCUT2D eigenvalue weighted by Gasteiger charge is -2.31. The Morgan fingerprint density at radius 3 is 2.67 bits per heavy atom. The molecule has 0 radical (unpaired) electrons. The minimum absolute atomic E-state index is 0.0702. The Hall–Kier alpha value is -3.52. The van der Waals surface area contributed by atoms with Gasteiger partial charge in [0.2, 0.25) is 0 Å². The summed E-state index contributed by atoms with van der Waals surface area (Å²) in [5.41, 5.74) is 0.503. The van der Waals surface area contributed by atoms with Crippen LogP contribution in [0.2, 0.25) is 0 Å². The molecule has 5 nitrogen and oxygen atoms in total. The van der Waals surface area contributed by atoms with Crippen LogP contribution in [-0.4, -0.2) is 38.2 Å². The van der Waals surface area contributed by atoms with E-state index in [-0.39, 0.29) is 34.2 Å². The summed E-state index contributed by atoms with van der Waals surface area (Å²) in [6.45, 7) is 1.56. The van der Waals surface area contributed by atoms with E-state index in [9.17, 15) is 13.6 Å². The van der Waals surface area contributed by atoms with Gasteiger partial charge in [-0.15, -0.1) is 0 Å². The number of piperazine rings is 1. The first kappa shape index (κ1) is 21.3. The molecule has 0 saturated carbocycles. The number of fused-ring (bicyclic) bond motifs is 2. The van der Waals surface area contributed by atoms with E-state index < -0.39 is 23.4 Å². The Morgan fingerprint density at radius 1 is 1.12 bits per heavy atom. The van der Waals surface area contributed by atoms with Crippen molar-refractivity contribution < 1.29 is 22.7 Å². The number of anilines is 2. The van der Waals surface area contributed by atoms with Crippen LogP contribution < -0.4 is 20.3 Å². The highest BCUT2D eigenvalue weighted by atomic mass is 19.1. The normalized spacial score (nSPS) is 19.1. The van der Waals surface area contributed by atoms with Crippen LogP contribution in [0.5, 0.6) is 5.75 Å². The van der Waals surface area contributed by atoms with Gasteiger partial charge in [-0.3, -0.25) is 4.79 Å². The van der Waals surface area contributed by atoms with Gasteiger partial charge in [-0.1, -0.05) is 18.2 Å². The average molecular weight is 453 g/mol. The van der Waals surface area contributed by atoms with Gasteiger partial charge in [0, 0.05) is 30.7 Å². The largest absolute Gasteiger partial charge is 0.496 e. The van der Waals surface area contributed by atoms with Crippen LogP contribution in [0.25, 0.3) is 11.1 Å². The Labute approximate surface area is 189 Å². The predicted octanol–water partition coefficient (Wildman–Crippen LogP) is 4.58. The molecule has 3 aromatic rings. The molecular weight excluding hydrogens is 431 g/mol. The molecule has 0 aliphatic carbocycles. The minimum atomic E-state index is -0.888. The molecule has 5 rings (SSSR count). The van der Waals surface area contributed by atoms with Crippen LogP contribution in [0.4, 0.5) is 24.5 Å². The molecule has 0 aromatic heterocycles. The summed E-state index contributed by atoms with van der Waals surface area (Å²) in [6.07, 6.45) is 0.978. The third-order valence-corrected chi connectivity index (χ3v) is 6.28. The number of nitrogens with one attached hydrogen (secondary N) is 2. The van der Waals surface area contributed by atoms with Crippen molar-refractivity contribution in [3.05, 3.63) is 77.6 Å². The molecule has 1 amide bonds. The fourth-order valence-corrected chi connectivity index (χ4v) is 4.74. The number of carbonyl (C=O) groups excluding carboxylic acids is 1. The number of ether oxygens (including phenoxy) is 1. The highest BCUT2D eigenvalue weighted by Crippen LogP contribution is 2.37. The molecule has 2 saturated heterocycles. The Kier molecular flexibility index (Phi) is 5.46. The van der Waals surface area contributed by atoms with Crippen molar-refractivity contribution in [2.24, 2.45) is 0 Å². The maximum atomic E-state index is 15.4. The number of benzene rings is 3. The minimum Gasteiger partial charge on any atom is -0.496 e. The van der Waals surface area contributed by atoms with E-state index in [1.807, 2.05) is 0 Å². The summed E-state index contributed by atoms with van der Waals surface area (Å²) >= 11 is 0. The third-order valence-electron chi connectivity index (χ3n) is 6.28. The number of hydrogen-bond acceptors (Lipinski definition) is 4. The molecule has 2 heterocycles. The summed E-state index contributed by atoms with van der Waals surface area (Å²) < 4.78 is 49.2. The molecule has 170 valence electrons. The van der Waals surface area contributed by atoms with Crippen LogP contribution in [0.3, 0.4) is 0 Å². The second-order valence-electron chi connectivity index (χ2n) is 8.25. The van der Waals surface area contributed by atoms with Crippen molar-refractivity contribution >= 4 is 17.3 Å². The zero-order valence-corrected chi connectivity index (χ0v) is 17.9. The molecule has 8 heteroatoms. The van der Waals surface area contributed by atoms with Crippen LogP contribution in [0, 0.1) is 17.5 Å². The van der Waals surface area contributed by atoms with Crippen LogP contribution in [0.1, 0.15) is 16.8 Å². The quantitative estimate of drug-likeness (QED) is 0.594. The van der Waals surface area contributed by atoms with Crippen LogP contribution in [0.15, 0.2) is 54.6 Å². The molecule has 2 N–H and O–H groups in total. The Bertz CT molecular complexity index is 1230. The van der Waals surface area contributed by atoms with Crippen molar-refractivity contribution in [1.29, 1.82) is 0 Å². The highest BCUT2D eigenvalue weighted by Gasteiger charge is 2.38. The number of nitrogens with zero attached hydrogens (tertiary/aromatic N) is 1. The molecule has 2 aliphatic rings. The van der Waals surface area contributed by atoms with E-state index in [1.165, 1.54) is 55.6 Å². The van der Waals surface area contributed by atoms with Crippen molar-refractivity contribution in [3.63, 3.8) is 0 Å². The molecule has 0 unspecified atom stereocenters. The maximum absolute atomic E-state index is 15.4. The smallest absolute Gasteiger partial charge is 0.258 e. The molecule has 2 fully saturated rings. The molecule has 3 aromatic carbocycles. The third kappa shape index (κ3) is 3.80. The first-order valence-corrected chi connectivity index (χ1v) is 10.7. The van der Waals surface area contributed by atoms with Gasteiger partial charge in [-0.2, -0.15) is 0 Å². The van der Waals surface area contributed by atoms with Gasteiger partial charge in [0.05, 0.1) is 29.6 Å². The van der Waals surface area contributed by atoms with Gasteiger partial charge >= 0.3 is 0 Å². The topological polar surface area (TPSA) is 53.6 Å². The van der Waals surface area contributed by atoms with Crippen LogP contribution >= 0.6 is 0 Å². The lowest BCUT2D eigenvalue weighted by Crippen LogP contribution is -2.44. The number of hydrogen-bond donors (Lipinski definition) is 2. The number of halogens is 3. The first-order valence-electron chi connectivity index (χ1n) is 10.7. The monoisotopic (exact) mass is 453 g/mol. The van der Waals surface area contributed by atoms with Gasteiger partial charge < -0.3 is 20.3 Å². The van der Waals surface area contributed by atoms with Gasteiger partial charge in [0.15, 0.2) is 0 Å². The zero-order chi connectivity index (χ0) is 23.1. The van der Waals surface area contributed by atoms with Gasteiger partial charge in [0.25, 0.3) is 5.91 Å². The number of rotatable bonds is 5. The predicted molar refractivity (Wildman–Crippen MR) is 120 cm³/mol. The van der Waals surface area contributed by atoms with Gasteiger partial charge in [-0.25, -0.2) is 13.2 Å². The first-order chi connectivity index (χ1) is 16.0. The van der Waals surface area contributed by atoms with Crippen molar-refractivity contribution in [2.45, 2.75) is 18.5 Å². The van der Waals surface area contributed by atoms with E-state index in [0.717, 1.165) is 19.5 Å². The molecule has 2 bridgehead atoms. The lowest BCUT2D eigenvalue weighted by atomic mass is 10.00. The molecular formula is C25H22F3N3O2. The molecule has 0 spiro atoms. The summed E-state index contributed by atoms with van der Waals surface area (Å²) in [5, 5.41) is 6.06. The zero-order valence-electron chi connectivity index (χ0n) is 17.9. The summed E-state index contributed by atoms with van der Waals surface area (Å²) in [5.74, 6) is -2.67. The second-order valence-corrected chi connectivity index (χ2v) is 8.25. The number of amides is 1. The number of methoxy groups -OCH3 is 1. The van der Waals surface area contributed by atoms with E-state index in [1.54, 1.807) is 6.07 Å². The summed E-state index contributed by atoms with van der Waals surface area (Å²) in [4.78, 5) is 15.2. The van der Waals surface area contributed by atoms with E-state index >= 15 is 4.39 Å². The summed E-state index contributed by atoms with van der Waals surface area (Å²) in [6, 6.07) is 13.1. The lowest BCUT2D eigenvalue weighted by molar-refractivity contribution is 0.102. The Morgan fingerprint density at radius 2 is 1.94 bits per heavy atom. The standard InChI is InChI=1S/C25H22F3N3O2/c1-33-22-7-3-6-19(27)23(22)17-4-2-5-18(24(17)28)25(32)30-20-10-14(26)8-9-21(20)31-13-15-11-16(31)12-29-15/h2-10,15-16,29H,11-13H2,1H3,(H,30,32)/t15-,16-/m1/s1. The average Bonchev–Trinajstić information content (AvgIpc) is 3.43. The maximum Gasteiger partial charge on any atom is 0.258 e.